The van der Waals surface area contributed by atoms with Crippen LogP contribution in [0.25, 0.3) is 0 Å². The van der Waals surface area contributed by atoms with Crippen molar-refractivity contribution in [1.29, 1.82) is 0 Å². The second-order valence-electron chi connectivity index (χ2n) is 3.61. The highest BCUT2D eigenvalue weighted by Crippen LogP contribution is 2.07. The Bertz CT molecular complexity index is 291. The molecule has 0 aliphatic rings. The second-order valence-corrected chi connectivity index (χ2v) is 3.61. The normalized spacial score (nSPS) is 10.4. The molecule has 3 nitrogen and oxygen atoms in total. The van der Waals surface area contributed by atoms with Crippen LogP contribution in [0, 0.1) is 6.92 Å². The summed E-state index contributed by atoms with van der Waals surface area (Å²) >= 11 is 0. The summed E-state index contributed by atoms with van der Waals surface area (Å²) in [5.41, 5.74) is 1.69. The van der Waals surface area contributed by atoms with E-state index >= 15 is 0 Å². The van der Waals surface area contributed by atoms with Crippen molar-refractivity contribution in [3.05, 3.63) is 17.5 Å². The number of aryl methyl sites for hydroxylation is 2. The molecule has 0 saturated heterocycles. The molecular weight excluding hydrogens is 176 g/mol. The lowest BCUT2D eigenvalue weighted by atomic mass is 10.2. The van der Waals surface area contributed by atoms with Gasteiger partial charge in [0.1, 0.15) is 5.69 Å². The Kier molecular flexibility index (Phi) is 4.36. The smallest absolute Gasteiger partial charge is 0.168 e. The molecule has 0 saturated carbocycles. The standard InChI is InChI=1S/C11H18N2O/c1-3-4-5-6-7-13-11(9-14)10(2)8-12-13/h8-9H,3-7H2,1-2H3. The van der Waals surface area contributed by atoms with Gasteiger partial charge >= 0.3 is 0 Å². The molecule has 1 aromatic rings. The van der Waals surface area contributed by atoms with Crippen LogP contribution in [-0.2, 0) is 6.54 Å². The molecule has 0 fully saturated rings. The number of nitrogens with zero attached hydrogens (tertiary/aromatic N) is 2. The van der Waals surface area contributed by atoms with E-state index in [0.29, 0.717) is 0 Å². The highest BCUT2D eigenvalue weighted by atomic mass is 16.1. The maximum absolute atomic E-state index is 10.7. The molecular formula is C11H18N2O. The summed E-state index contributed by atoms with van der Waals surface area (Å²) in [5, 5.41) is 4.17. The summed E-state index contributed by atoms with van der Waals surface area (Å²) in [6, 6.07) is 0. The third-order valence-corrected chi connectivity index (χ3v) is 2.41. The van der Waals surface area contributed by atoms with E-state index in [2.05, 4.69) is 12.0 Å². The molecule has 1 heterocycles. The first-order chi connectivity index (χ1) is 6.79. The minimum absolute atomic E-state index is 0.724. The van der Waals surface area contributed by atoms with Gasteiger partial charge < -0.3 is 0 Å². The van der Waals surface area contributed by atoms with Crippen LogP contribution in [0.2, 0.25) is 0 Å². The second kappa shape index (κ2) is 5.58. The maximum Gasteiger partial charge on any atom is 0.168 e. The average Bonchev–Trinajstić information content (AvgIpc) is 2.54. The molecule has 0 unspecified atom stereocenters. The van der Waals surface area contributed by atoms with Gasteiger partial charge in [-0.3, -0.25) is 9.48 Å². The fourth-order valence-corrected chi connectivity index (χ4v) is 1.51. The van der Waals surface area contributed by atoms with E-state index < -0.39 is 0 Å². The van der Waals surface area contributed by atoms with Gasteiger partial charge in [-0.15, -0.1) is 0 Å². The summed E-state index contributed by atoms with van der Waals surface area (Å²) in [7, 11) is 0. The predicted octanol–water partition coefficient (Wildman–Crippen LogP) is 2.58. The number of hydrogen-bond donors (Lipinski definition) is 0. The Morgan fingerprint density at radius 3 is 2.86 bits per heavy atom. The topological polar surface area (TPSA) is 34.9 Å². The molecule has 0 spiro atoms. The first-order valence-electron chi connectivity index (χ1n) is 5.27. The quantitative estimate of drug-likeness (QED) is 0.515. The zero-order valence-corrected chi connectivity index (χ0v) is 8.99. The number of unbranched alkanes of at least 4 members (excludes halogenated alkanes) is 3. The summed E-state index contributed by atoms with van der Waals surface area (Å²) in [4.78, 5) is 10.7. The molecule has 14 heavy (non-hydrogen) atoms. The van der Waals surface area contributed by atoms with Gasteiger partial charge in [0.15, 0.2) is 6.29 Å². The Morgan fingerprint density at radius 2 is 2.21 bits per heavy atom. The Morgan fingerprint density at radius 1 is 1.43 bits per heavy atom. The fraction of sp³-hybridized carbons (Fsp3) is 0.636. The van der Waals surface area contributed by atoms with Crippen molar-refractivity contribution in [3.63, 3.8) is 0 Å². The van der Waals surface area contributed by atoms with Crippen molar-refractivity contribution < 1.29 is 4.79 Å². The summed E-state index contributed by atoms with van der Waals surface area (Å²) in [6.07, 6.45) is 7.46. The van der Waals surface area contributed by atoms with Gasteiger partial charge in [-0.2, -0.15) is 5.10 Å². The number of carbonyl (C=O) groups is 1. The largest absolute Gasteiger partial charge is 0.296 e. The van der Waals surface area contributed by atoms with Crippen LogP contribution in [0.3, 0.4) is 0 Å². The molecule has 0 aliphatic carbocycles. The number of hydrogen-bond acceptors (Lipinski definition) is 2. The van der Waals surface area contributed by atoms with Crippen LogP contribution >= 0.6 is 0 Å². The van der Waals surface area contributed by atoms with Crippen molar-refractivity contribution >= 4 is 6.29 Å². The van der Waals surface area contributed by atoms with E-state index in [1.54, 1.807) is 10.9 Å². The molecule has 0 amide bonds. The molecule has 1 rings (SSSR count). The molecule has 78 valence electrons. The van der Waals surface area contributed by atoms with Gasteiger partial charge in [-0.05, 0) is 18.9 Å². The molecule has 0 bridgehead atoms. The molecule has 0 aromatic carbocycles. The van der Waals surface area contributed by atoms with Crippen LogP contribution in [0.4, 0.5) is 0 Å². The van der Waals surface area contributed by atoms with Gasteiger partial charge in [0, 0.05) is 6.54 Å². The van der Waals surface area contributed by atoms with Crippen LogP contribution in [0.15, 0.2) is 6.20 Å². The first-order valence-corrected chi connectivity index (χ1v) is 5.27. The predicted molar refractivity (Wildman–Crippen MR) is 56.5 cm³/mol. The zero-order chi connectivity index (χ0) is 10.4. The maximum atomic E-state index is 10.7. The Labute approximate surface area is 85.1 Å². The van der Waals surface area contributed by atoms with E-state index in [9.17, 15) is 4.79 Å². The SMILES string of the molecule is CCCCCCn1ncc(C)c1C=O. The molecule has 1 aromatic heterocycles. The molecule has 0 radical (unpaired) electrons. The van der Waals surface area contributed by atoms with E-state index in [1.165, 1.54) is 19.3 Å². The Hall–Kier alpha value is -1.12. The van der Waals surface area contributed by atoms with Gasteiger partial charge in [-0.25, -0.2) is 0 Å². The van der Waals surface area contributed by atoms with E-state index in [-0.39, 0.29) is 0 Å². The molecule has 0 N–H and O–H groups in total. The monoisotopic (exact) mass is 194 g/mol. The van der Waals surface area contributed by atoms with E-state index in [1.807, 2.05) is 6.92 Å². The van der Waals surface area contributed by atoms with Crippen molar-refractivity contribution in [2.75, 3.05) is 0 Å². The lowest BCUT2D eigenvalue weighted by Gasteiger charge is -2.03. The third kappa shape index (κ3) is 2.69. The molecule has 0 atom stereocenters. The third-order valence-electron chi connectivity index (χ3n) is 2.41. The van der Waals surface area contributed by atoms with Crippen LogP contribution in [-0.4, -0.2) is 16.1 Å². The zero-order valence-electron chi connectivity index (χ0n) is 8.99. The molecule has 3 heteroatoms. The van der Waals surface area contributed by atoms with Gasteiger partial charge in [0.2, 0.25) is 0 Å². The van der Waals surface area contributed by atoms with Crippen molar-refractivity contribution in [1.82, 2.24) is 9.78 Å². The summed E-state index contributed by atoms with van der Waals surface area (Å²) < 4.78 is 1.80. The minimum atomic E-state index is 0.724. The van der Waals surface area contributed by atoms with E-state index in [4.69, 9.17) is 0 Å². The van der Waals surface area contributed by atoms with Gasteiger partial charge in [0.05, 0.1) is 6.20 Å². The van der Waals surface area contributed by atoms with Crippen molar-refractivity contribution in [2.45, 2.75) is 46.1 Å². The van der Waals surface area contributed by atoms with Crippen LogP contribution < -0.4 is 0 Å². The lowest BCUT2D eigenvalue weighted by Crippen LogP contribution is -2.04. The lowest BCUT2D eigenvalue weighted by molar-refractivity contribution is 0.111. The van der Waals surface area contributed by atoms with Crippen LogP contribution in [0.5, 0.6) is 0 Å². The molecule has 0 aliphatic heterocycles. The highest BCUT2D eigenvalue weighted by Gasteiger charge is 2.04. The summed E-state index contributed by atoms with van der Waals surface area (Å²) in [5.74, 6) is 0. The number of carbonyl (C=O) groups excluding carboxylic acids is 1. The van der Waals surface area contributed by atoms with Crippen molar-refractivity contribution in [2.24, 2.45) is 0 Å². The first kappa shape index (κ1) is 11.0. The summed E-state index contributed by atoms with van der Waals surface area (Å²) in [6.45, 7) is 4.97. The van der Waals surface area contributed by atoms with Gasteiger partial charge in [-0.1, -0.05) is 26.2 Å². The number of aromatic nitrogens is 2. The minimum Gasteiger partial charge on any atom is -0.296 e. The average molecular weight is 194 g/mol. The number of rotatable bonds is 6. The number of aldehydes is 1. The van der Waals surface area contributed by atoms with Crippen LogP contribution in [0.1, 0.15) is 48.7 Å². The van der Waals surface area contributed by atoms with E-state index in [0.717, 1.165) is 30.5 Å². The van der Waals surface area contributed by atoms with Gasteiger partial charge in [0.25, 0.3) is 0 Å². The highest BCUT2D eigenvalue weighted by molar-refractivity contribution is 5.74. The fourth-order valence-electron chi connectivity index (χ4n) is 1.51. The van der Waals surface area contributed by atoms with Crippen molar-refractivity contribution in [3.8, 4) is 0 Å². The Balaban J connectivity index is 2.46.